The number of allylic oxidation sites excluding steroid dienone is 13. The molecular formula is C77H136O17P2. The molecule has 0 rings (SSSR count). The first-order valence-corrected chi connectivity index (χ1v) is 40.8. The number of unbranched alkanes of at least 4 members (excludes halogenated alkanes) is 32. The van der Waals surface area contributed by atoms with Gasteiger partial charge in [0.15, 0.2) is 12.2 Å². The van der Waals surface area contributed by atoms with Gasteiger partial charge in [-0.2, -0.15) is 0 Å². The van der Waals surface area contributed by atoms with Crippen molar-refractivity contribution >= 4 is 39.5 Å². The van der Waals surface area contributed by atoms with Crippen molar-refractivity contribution in [3.8, 4) is 0 Å². The Bertz CT molecular complexity index is 2160. The second-order valence-corrected chi connectivity index (χ2v) is 28.1. The van der Waals surface area contributed by atoms with E-state index in [1.54, 1.807) is 6.08 Å². The van der Waals surface area contributed by atoms with E-state index < -0.39 is 97.5 Å². The first kappa shape index (κ1) is 92.2. The summed E-state index contributed by atoms with van der Waals surface area (Å²) in [5, 5.41) is 10.6. The molecule has 0 aromatic heterocycles. The highest BCUT2D eigenvalue weighted by atomic mass is 31.2. The predicted octanol–water partition coefficient (Wildman–Crippen LogP) is 21.4. The van der Waals surface area contributed by atoms with Gasteiger partial charge in [-0.15, -0.1) is 0 Å². The molecule has 0 aromatic carbocycles. The van der Waals surface area contributed by atoms with E-state index in [0.717, 1.165) is 128 Å². The quantitative estimate of drug-likeness (QED) is 0.0169. The Morgan fingerprint density at radius 3 is 0.948 bits per heavy atom. The fraction of sp³-hybridized carbons (Fsp3) is 0.766. The summed E-state index contributed by atoms with van der Waals surface area (Å²) in [6, 6.07) is 0. The number of rotatable bonds is 71. The van der Waals surface area contributed by atoms with Gasteiger partial charge in [-0.3, -0.25) is 37.3 Å². The minimum absolute atomic E-state index is 0.0679. The Hall–Kier alpha value is -3.76. The molecule has 0 aromatic rings. The molecule has 17 nitrogen and oxygen atoms in total. The zero-order valence-corrected chi connectivity index (χ0v) is 62.3. The molecule has 5 atom stereocenters. The Labute approximate surface area is 583 Å². The van der Waals surface area contributed by atoms with Crippen molar-refractivity contribution in [1.29, 1.82) is 0 Å². The average molecular weight is 1400 g/mol. The Kier molecular flexibility index (Phi) is 67.0. The summed E-state index contributed by atoms with van der Waals surface area (Å²) < 4.78 is 68.3. The molecule has 0 aliphatic rings. The Morgan fingerprint density at radius 2 is 0.594 bits per heavy atom. The van der Waals surface area contributed by atoms with Crippen LogP contribution in [0.4, 0.5) is 0 Å². The smallest absolute Gasteiger partial charge is 0.462 e. The third-order valence-corrected chi connectivity index (χ3v) is 17.8. The SMILES string of the molecule is CC/C=C\C/C=C\C/C=C\C/C=C\C/C=C\CC(=O)OCC(COP(=O)(O)OCC(O)COP(=O)(O)OCC(COC(=O)CCCCCCC/C=C\CCCCCCCC)OC(=O)CCCCCCC/C=C\CCCC)OC(=O)CCCCCCCCCCCCCCCCC. The van der Waals surface area contributed by atoms with E-state index in [9.17, 15) is 43.2 Å². The summed E-state index contributed by atoms with van der Waals surface area (Å²) in [5.41, 5.74) is 0. The van der Waals surface area contributed by atoms with Gasteiger partial charge in [0, 0.05) is 19.3 Å². The minimum atomic E-state index is -4.99. The normalized spacial score (nSPS) is 14.4. The van der Waals surface area contributed by atoms with Crippen LogP contribution in [-0.4, -0.2) is 96.7 Å². The number of carbonyl (C=O) groups excluding carboxylic acids is 4. The van der Waals surface area contributed by atoms with E-state index in [4.69, 9.17) is 37.0 Å². The Morgan fingerprint density at radius 1 is 0.312 bits per heavy atom. The van der Waals surface area contributed by atoms with E-state index in [-0.39, 0.29) is 25.7 Å². The van der Waals surface area contributed by atoms with Crippen LogP contribution < -0.4 is 0 Å². The topological polar surface area (TPSA) is 237 Å². The van der Waals surface area contributed by atoms with Gasteiger partial charge < -0.3 is 33.8 Å². The van der Waals surface area contributed by atoms with Crippen molar-refractivity contribution in [2.75, 3.05) is 39.6 Å². The molecule has 0 spiro atoms. The molecule has 5 unspecified atom stereocenters. The number of ether oxygens (including phenoxy) is 4. The number of aliphatic hydroxyl groups is 1. The highest BCUT2D eigenvalue weighted by Gasteiger charge is 2.30. The second kappa shape index (κ2) is 69.7. The van der Waals surface area contributed by atoms with Crippen molar-refractivity contribution in [2.45, 2.75) is 341 Å². The summed E-state index contributed by atoms with van der Waals surface area (Å²) in [5.74, 6) is -2.32. The molecule has 0 aliphatic heterocycles. The Balaban J connectivity index is 5.37. The molecule has 556 valence electrons. The molecule has 3 N–H and O–H groups in total. The van der Waals surface area contributed by atoms with Crippen LogP contribution >= 0.6 is 15.6 Å². The van der Waals surface area contributed by atoms with Crippen LogP contribution in [0.15, 0.2) is 85.1 Å². The molecular weight excluding hydrogens is 1260 g/mol. The summed E-state index contributed by atoms with van der Waals surface area (Å²) in [4.78, 5) is 72.7. The molecule has 0 heterocycles. The lowest BCUT2D eigenvalue weighted by Gasteiger charge is -2.21. The van der Waals surface area contributed by atoms with Crippen molar-refractivity contribution in [1.82, 2.24) is 0 Å². The van der Waals surface area contributed by atoms with Gasteiger partial charge in [-0.1, -0.05) is 286 Å². The number of hydrogen-bond donors (Lipinski definition) is 3. The van der Waals surface area contributed by atoms with Crippen LogP contribution in [0, 0.1) is 0 Å². The van der Waals surface area contributed by atoms with E-state index >= 15 is 0 Å². The third-order valence-electron chi connectivity index (χ3n) is 15.9. The van der Waals surface area contributed by atoms with Crippen LogP contribution in [0.1, 0.15) is 323 Å². The van der Waals surface area contributed by atoms with Crippen molar-refractivity contribution in [2.24, 2.45) is 0 Å². The number of aliphatic hydroxyl groups excluding tert-OH is 1. The highest BCUT2D eigenvalue weighted by Crippen LogP contribution is 2.45. The van der Waals surface area contributed by atoms with Gasteiger partial charge in [-0.05, 0) is 96.3 Å². The predicted molar refractivity (Wildman–Crippen MR) is 390 cm³/mol. The molecule has 0 radical (unpaired) electrons. The van der Waals surface area contributed by atoms with E-state index in [1.165, 1.54) is 116 Å². The van der Waals surface area contributed by atoms with Gasteiger partial charge in [0.25, 0.3) is 0 Å². The zero-order chi connectivity index (χ0) is 70.4. The van der Waals surface area contributed by atoms with Gasteiger partial charge in [0.1, 0.15) is 19.3 Å². The van der Waals surface area contributed by atoms with Crippen LogP contribution in [0.5, 0.6) is 0 Å². The van der Waals surface area contributed by atoms with Gasteiger partial charge in [0.2, 0.25) is 0 Å². The molecule has 0 aliphatic carbocycles. The molecule has 0 amide bonds. The van der Waals surface area contributed by atoms with Gasteiger partial charge in [0.05, 0.1) is 32.8 Å². The average Bonchev–Trinajstić information content (AvgIpc) is 1.09. The minimum Gasteiger partial charge on any atom is -0.462 e. The standard InChI is InChI=1S/C77H136O17P2/c1-5-9-13-17-21-25-29-32-35-38-42-45-49-53-57-61-74(79)87-67-72(93-76(81)63-59-55-51-47-41-28-24-20-16-12-8-4)69-91-95(83,84)89-65-71(78)66-90-96(85,86)92-70-73(94-77(82)64-60-56-52-48-44-40-37-34-31-27-23-19-15-11-7-3)68-88-75(80)62-58-54-50-46-43-39-36-33-30-26-22-18-14-10-6-2/h10,14,20,22,24,26,32-33,35-36,43,46,54,58,71-73,78H,5-9,11-13,15-19,21,23,25,27-31,34,37-42,44-45,47-53,55-57,59-70H2,1-4H3,(H,83,84)(H,85,86)/b14-10-,24-20-,26-22-,35-32-,36-33-,46-43-,58-54-. The van der Waals surface area contributed by atoms with E-state index in [0.29, 0.717) is 25.7 Å². The van der Waals surface area contributed by atoms with Crippen LogP contribution in [0.2, 0.25) is 0 Å². The highest BCUT2D eigenvalue weighted by molar-refractivity contribution is 7.47. The maximum atomic E-state index is 13.1. The van der Waals surface area contributed by atoms with Crippen LogP contribution in [0.25, 0.3) is 0 Å². The van der Waals surface area contributed by atoms with Crippen molar-refractivity contribution in [3.63, 3.8) is 0 Å². The fourth-order valence-corrected chi connectivity index (χ4v) is 11.7. The zero-order valence-electron chi connectivity index (χ0n) is 60.5. The number of hydrogen-bond acceptors (Lipinski definition) is 15. The number of phosphoric acid groups is 2. The first-order valence-electron chi connectivity index (χ1n) is 37.8. The summed E-state index contributed by atoms with van der Waals surface area (Å²) >= 11 is 0. The van der Waals surface area contributed by atoms with Crippen molar-refractivity contribution in [3.05, 3.63) is 85.1 Å². The fourth-order valence-electron chi connectivity index (χ4n) is 10.1. The monoisotopic (exact) mass is 1390 g/mol. The number of phosphoric ester groups is 2. The lowest BCUT2D eigenvalue weighted by molar-refractivity contribution is -0.161. The molecule has 0 fully saturated rings. The third kappa shape index (κ3) is 68.8. The first-order chi connectivity index (χ1) is 46.7. The largest absolute Gasteiger partial charge is 0.472 e. The van der Waals surface area contributed by atoms with E-state index in [1.807, 2.05) is 18.2 Å². The molecule has 0 saturated heterocycles. The van der Waals surface area contributed by atoms with Gasteiger partial charge >= 0.3 is 39.5 Å². The maximum Gasteiger partial charge on any atom is 0.472 e. The summed E-state index contributed by atoms with van der Waals surface area (Å²) in [6.45, 7) is 4.61. The molecule has 0 saturated carbocycles. The van der Waals surface area contributed by atoms with E-state index in [2.05, 4.69) is 88.5 Å². The molecule has 0 bridgehead atoms. The number of esters is 4. The second-order valence-electron chi connectivity index (χ2n) is 25.2. The van der Waals surface area contributed by atoms with Crippen molar-refractivity contribution < 1.29 is 80.2 Å². The summed E-state index contributed by atoms with van der Waals surface area (Å²) in [7, 11) is -9.96. The lowest BCUT2D eigenvalue weighted by Crippen LogP contribution is -2.30. The van der Waals surface area contributed by atoms with Crippen LogP contribution in [0.3, 0.4) is 0 Å². The van der Waals surface area contributed by atoms with Gasteiger partial charge in [-0.25, -0.2) is 9.13 Å². The lowest BCUT2D eigenvalue weighted by atomic mass is 10.0. The molecule has 96 heavy (non-hydrogen) atoms. The maximum absolute atomic E-state index is 13.1. The number of carbonyl (C=O) groups is 4. The molecule has 19 heteroatoms. The summed E-state index contributed by atoms with van der Waals surface area (Å²) in [6.07, 6.45) is 70.4. The van der Waals surface area contributed by atoms with Crippen LogP contribution in [-0.2, 0) is 65.4 Å².